The predicted octanol–water partition coefficient (Wildman–Crippen LogP) is 5.38. The van der Waals surface area contributed by atoms with Crippen LogP contribution in [-0.4, -0.2) is 61.4 Å². The number of nitrogens with two attached hydrogens (primary N) is 1. The maximum atomic E-state index is 13.7. The summed E-state index contributed by atoms with van der Waals surface area (Å²) in [6.07, 6.45) is 8.43. The van der Waals surface area contributed by atoms with Crippen LogP contribution >= 0.6 is 0 Å². The highest BCUT2D eigenvalue weighted by atomic mass is 16.5. The van der Waals surface area contributed by atoms with E-state index in [1.165, 1.54) is 12.8 Å². The highest BCUT2D eigenvalue weighted by Crippen LogP contribution is 2.40. The van der Waals surface area contributed by atoms with Crippen molar-refractivity contribution >= 4 is 39.8 Å². The minimum atomic E-state index is -0.00260. The van der Waals surface area contributed by atoms with Gasteiger partial charge in [-0.1, -0.05) is 18.2 Å². The van der Waals surface area contributed by atoms with Gasteiger partial charge in [-0.05, 0) is 91.1 Å². The molecule has 2 aromatic carbocycles. The molecular formula is C37H36N6O3. The van der Waals surface area contributed by atoms with E-state index in [1.807, 2.05) is 30.2 Å². The van der Waals surface area contributed by atoms with Gasteiger partial charge in [0.25, 0.3) is 5.91 Å². The number of carbonyl (C=O) groups is 2. The number of imidazole rings is 1. The number of fused-ring (bicyclic) bond motifs is 5. The van der Waals surface area contributed by atoms with Gasteiger partial charge in [-0.25, -0.2) is 9.97 Å². The molecule has 2 saturated carbocycles. The number of benzene rings is 2. The Morgan fingerprint density at radius 2 is 1.89 bits per heavy atom. The number of nitrogens with zero attached hydrogens (tertiary/aromatic N) is 5. The maximum Gasteiger partial charge on any atom is 0.254 e. The number of aromatic nitrogens is 4. The first kappa shape index (κ1) is 27.5. The third-order valence-corrected chi connectivity index (χ3v) is 10.7. The van der Waals surface area contributed by atoms with Crippen molar-refractivity contribution in [1.82, 2.24) is 24.0 Å². The number of likely N-dealkylation sites (tertiary alicyclic amines) is 1. The Hall–Kier alpha value is -4.76. The molecule has 232 valence electrons. The maximum absolute atomic E-state index is 13.7. The number of ether oxygens (including phenoxy) is 1. The van der Waals surface area contributed by atoms with E-state index in [2.05, 4.69) is 45.5 Å². The summed E-state index contributed by atoms with van der Waals surface area (Å²) >= 11 is 0. The van der Waals surface area contributed by atoms with Gasteiger partial charge in [-0.3, -0.25) is 9.59 Å². The van der Waals surface area contributed by atoms with Gasteiger partial charge in [0, 0.05) is 55.2 Å². The number of carbonyl (C=O) groups excluding carboxylic acids is 2. The van der Waals surface area contributed by atoms with Crippen molar-refractivity contribution in [2.75, 3.05) is 13.7 Å². The van der Waals surface area contributed by atoms with E-state index < -0.39 is 0 Å². The molecule has 4 aliphatic rings. The average Bonchev–Trinajstić information content (AvgIpc) is 3.47. The molecule has 1 amide bonds. The van der Waals surface area contributed by atoms with Gasteiger partial charge in [0.15, 0.2) is 11.6 Å². The Kier molecular flexibility index (Phi) is 6.06. The molecule has 3 fully saturated rings. The lowest BCUT2D eigenvalue weighted by atomic mass is 9.94. The molecule has 2 N–H and O–H groups in total. The van der Waals surface area contributed by atoms with Crippen LogP contribution in [0.15, 0.2) is 54.6 Å². The van der Waals surface area contributed by atoms with Crippen molar-refractivity contribution in [3.63, 3.8) is 0 Å². The second-order valence-corrected chi connectivity index (χ2v) is 13.6. The van der Waals surface area contributed by atoms with E-state index in [4.69, 9.17) is 20.4 Å². The molecule has 0 spiro atoms. The average molecular weight is 613 g/mol. The first-order valence-electron chi connectivity index (χ1n) is 16.3. The van der Waals surface area contributed by atoms with E-state index in [-0.39, 0.29) is 23.8 Å². The number of aryl methyl sites for hydroxylation is 1. The van der Waals surface area contributed by atoms with Crippen LogP contribution in [0.3, 0.4) is 0 Å². The number of ketones is 1. The second kappa shape index (κ2) is 10.1. The summed E-state index contributed by atoms with van der Waals surface area (Å²) in [7, 11) is 3.65. The van der Waals surface area contributed by atoms with Gasteiger partial charge in [0.05, 0.1) is 24.0 Å². The summed E-state index contributed by atoms with van der Waals surface area (Å²) in [6.45, 7) is 1.58. The highest BCUT2D eigenvalue weighted by molar-refractivity contribution is 6.01. The standard InChI is InChI=1S/C37H36N6O3/c1-41-34-29(15-26(17-32(34)46-2)37(45)43-19-24-9-12-30(43)33(24)38)40-36(41)31-16-23-8-11-28(39-35(23)42(31)18-20-3-4-20)22-6-5-21-7-10-27(44)14-25(21)13-22/h5-8,10-11,13,15-17,20,24,30,33H,3-4,9,12,14,18-19,38H2,1-2H3/t24?,30?,33-/m1/s1. The van der Waals surface area contributed by atoms with Crippen molar-refractivity contribution in [2.45, 2.75) is 50.7 Å². The summed E-state index contributed by atoms with van der Waals surface area (Å²) in [6, 6.07) is 16.5. The number of hydrogen-bond acceptors (Lipinski definition) is 6. The molecule has 5 aromatic rings. The van der Waals surface area contributed by atoms with Crippen molar-refractivity contribution in [3.8, 4) is 28.5 Å². The minimum Gasteiger partial charge on any atom is -0.494 e. The van der Waals surface area contributed by atoms with Crippen LogP contribution in [-0.2, 0) is 24.8 Å². The first-order chi connectivity index (χ1) is 22.4. The summed E-state index contributed by atoms with van der Waals surface area (Å²) in [4.78, 5) is 38.1. The van der Waals surface area contributed by atoms with Gasteiger partial charge in [-0.15, -0.1) is 0 Å². The molecule has 4 heterocycles. The highest BCUT2D eigenvalue weighted by Gasteiger charge is 2.47. The molecule has 2 bridgehead atoms. The molecule has 0 radical (unpaired) electrons. The summed E-state index contributed by atoms with van der Waals surface area (Å²) in [5.41, 5.74) is 14.5. The van der Waals surface area contributed by atoms with Crippen LogP contribution in [0.25, 0.3) is 50.9 Å². The largest absolute Gasteiger partial charge is 0.494 e. The quantitative estimate of drug-likeness (QED) is 0.276. The number of pyridine rings is 1. The topological polar surface area (TPSA) is 108 Å². The van der Waals surface area contributed by atoms with Gasteiger partial charge in [0.2, 0.25) is 0 Å². The van der Waals surface area contributed by atoms with Gasteiger partial charge in [-0.2, -0.15) is 0 Å². The third-order valence-electron chi connectivity index (χ3n) is 10.7. The Bertz CT molecular complexity index is 2140. The van der Waals surface area contributed by atoms with E-state index in [0.29, 0.717) is 29.6 Å². The van der Waals surface area contributed by atoms with Crippen molar-refractivity contribution in [1.29, 1.82) is 0 Å². The summed E-state index contributed by atoms with van der Waals surface area (Å²) in [5, 5.41) is 1.05. The Balaban J connectivity index is 1.14. The summed E-state index contributed by atoms with van der Waals surface area (Å²) in [5.74, 6) is 2.55. The number of methoxy groups -OCH3 is 1. The van der Waals surface area contributed by atoms with Crippen molar-refractivity contribution < 1.29 is 14.3 Å². The SMILES string of the molecule is COc1cc(C(=O)N2CC3CCC2[C@@H]3N)cc2nc(-c3cc4ccc(-c5ccc6c(c5)CC(=O)C=C6)nc4n3CC3CC3)n(C)c12. The minimum absolute atomic E-state index is 0.00260. The Labute approximate surface area is 266 Å². The third kappa shape index (κ3) is 4.25. The van der Waals surface area contributed by atoms with E-state index in [0.717, 1.165) is 81.9 Å². The zero-order valence-electron chi connectivity index (χ0n) is 26.1. The molecule has 9 heteroatoms. The normalized spacial score (nSPS) is 21.9. The Morgan fingerprint density at radius 1 is 1.02 bits per heavy atom. The fourth-order valence-corrected chi connectivity index (χ4v) is 7.99. The molecule has 3 atom stereocenters. The molecule has 3 aliphatic carbocycles. The Morgan fingerprint density at radius 3 is 2.65 bits per heavy atom. The van der Waals surface area contributed by atoms with Crippen LogP contribution in [0.4, 0.5) is 0 Å². The molecule has 3 aromatic heterocycles. The molecule has 1 aliphatic heterocycles. The molecular weight excluding hydrogens is 576 g/mol. The van der Waals surface area contributed by atoms with Crippen LogP contribution in [0.5, 0.6) is 5.75 Å². The predicted molar refractivity (Wildman–Crippen MR) is 177 cm³/mol. The van der Waals surface area contributed by atoms with Gasteiger partial charge in [0.1, 0.15) is 16.9 Å². The molecule has 1 saturated heterocycles. The second-order valence-electron chi connectivity index (χ2n) is 13.6. The van der Waals surface area contributed by atoms with E-state index in [9.17, 15) is 9.59 Å². The number of amides is 1. The lowest BCUT2D eigenvalue weighted by Crippen LogP contribution is -2.41. The lowest BCUT2D eigenvalue weighted by molar-refractivity contribution is -0.114. The molecule has 2 unspecified atom stereocenters. The van der Waals surface area contributed by atoms with Crippen LogP contribution in [0, 0.1) is 11.8 Å². The fraction of sp³-hybridized carbons (Fsp3) is 0.351. The van der Waals surface area contributed by atoms with E-state index >= 15 is 0 Å². The van der Waals surface area contributed by atoms with Crippen LogP contribution in [0.2, 0.25) is 0 Å². The smallest absolute Gasteiger partial charge is 0.254 e. The zero-order chi connectivity index (χ0) is 31.3. The number of piperidine rings is 1. The van der Waals surface area contributed by atoms with Gasteiger partial charge < -0.3 is 24.5 Å². The lowest BCUT2D eigenvalue weighted by Gasteiger charge is -2.27. The molecule has 9 nitrogen and oxygen atoms in total. The zero-order valence-corrected chi connectivity index (χ0v) is 26.1. The number of hydrogen-bond donors (Lipinski definition) is 1. The number of allylic oxidation sites excluding steroid dienone is 1. The van der Waals surface area contributed by atoms with Gasteiger partial charge >= 0.3 is 0 Å². The van der Waals surface area contributed by atoms with Crippen LogP contribution in [0.1, 0.15) is 47.2 Å². The first-order valence-corrected chi connectivity index (χ1v) is 16.3. The molecule has 46 heavy (non-hydrogen) atoms. The van der Waals surface area contributed by atoms with Crippen LogP contribution < -0.4 is 10.5 Å². The monoisotopic (exact) mass is 612 g/mol. The number of rotatable bonds is 6. The van der Waals surface area contributed by atoms with E-state index in [1.54, 1.807) is 13.2 Å². The van der Waals surface area contributed by atoms with Crippen molar-refractivity contribution in [2.24, 2.45) is 24.6 Å². The van der Waals surface area contributed by atoms with Crippen molar-refractivity contribution in [3.05, 3.63) is 71.3 Å². The fourth-order valence-electron chi connectivity index (χ4n) is 7.99. The molecule has 9 rings (SSSR count). The summed E-state index contributed by atoms with van der Waals surface area (Å²) < 4.78 is 10.2.